The minimum atomic E-state index is 0.659. The minimum Gasteiger partial charge on any atom is -0.381 e. The molecule has 1 aliphatic heterocycles. The number of aromatic amines is 1. The largest absolute Gasteiger partial charge is 0.381 e. The molecule has 1 atom stereocenters. The Balaban J connectivity index is 1.88. The maximum Gasteiger partial charge on any atom is 0.101 e. The van der Waals surface area contributed by atoms with Gasteiger partial charge in [-0.25, -0.2) is 0 Å². The number of nitrogens with zero attached hydrogens (tertiary/aromatic N) is 2. The second-order valence-corrected chi connectivity index (χ2v) is 4.87. The van der Waals surface area contributed by atoms with Gasteiger partial charge in [0.2, 0.25) is 0 Å². The summed E-state index contributed by atoms with van der Waals surface area (Å²) in [6, 6.07) is 4.13. The lowest BCUT2D eigenvalue weighted by Crippen LogP contribution is -2.25. The Morgan fingerprint density at radius 2 is 2.47 bits per heavy atom. The monoisotopic (exact) mass is 233 g/mol. The number of hydrogen-bond acceptors (Lipinski definition) is 3. The second kappa shape index (κ2) is 5.35. The zero-order valence-electron chi connectivity index (χ0n) is 10.5. The van der Waals surface area contributed by atoms with E-state index in [4.69, 9.17) is 10.00 Å². The van der Waals surface area contributed by atoms with Crippen LogP contribution < -0.4 is 0 Å². The van der Waals surface area contributed by atoms with Gasteiger partial charge >= 0.3 is 0 Å². The van der Waals surface area contributed by atoms with E-state index in [0.717, 1.165) is 49.7 Å². The molecule has 4 heteroatoms. The molecule has 1 aliphatic rings. The first-order valence-corrected chi connectivity index (χ1v) is 6.04. The third-order valence-corrected chi connectivity index (χ3v) is 3.23. The predicted molar refractivity (Wildman–Crippen MR) is 65.5 cm³/mol. The molecule has 0 saturated carbocycles. The standard InChI is InChI=1S/C13H19N3O/c1-10-12(6-14)5-13(15-10)8-16(2)7-11-3-4-17-9-11/h5,11,15H,3-4,7-9H2,1-2H3/t11-/m0/s1. The van der Waals surface area contributed by atoms with Crippen LogP contribution in [0.4, 0.5) is 0 Å². The van der Waals surface area contributed by atoms with Crippen molar-refractivity contribution in [2.24, 2.45) is 5.92 Å². The normalized spacial score (nSPS) is 19.8. The summed E-state index contributed by atoms with van der Waals surface area (Å²) in [5, 5.41) is 8.90. The van der Waals surface area contributed by atoms with Crippen LogP contribution >= 0.6 is 0 Å². The van der Waals surface area contributed by atoms with Crippen molar-refractivity contribution < 1.29 is 4.74 Å². The van der Waals surface area contributed by atoms with Crippen LogP contribution in [0, 0.1) is 24.2 Å². The molecule has 0 aromatic carbocycles. The Labute approximate surface area is 102 Å². The quantitative estimate of drug-likeness (QED) is 0.860. The average molecular weight is 233 g/mol. The third-order valence-electron chi connectivity index (χ3n) is 3.23. The highest BCUT2D eigenvalue weighted by Gasteiger charge is 2.17. The first-order chi connectivity index (χ1) is 8.19. The summed E-state index contributed by atoms with van der Waals surface area (Å²) in [7, 11) is 2.11. The SMILES string of the molecule is Cc1[nH]c(CN(C)C[C@@H]2CCOC2)cc1C#N. The molecule has 0 radical (unpaired) electrons. The molecule has 1 aromatic rings. The van der Waals surface area contributed by atoms with E-state index in [1.165, 1.54) is 0 Å². The molecule has 4 nitrogen and oxygen atoms in total. The topological polar surface area (TPSA) is 52.0 Å². The van der Waals surface area contributed by atoms with E-state index < -0.39 is 0 Å². The summed E-state index contributed by atoms with van der Waals surface area (Å²) in [6.45, 7) is 5.64. The lowest BCUT2D eigenvalue weighted by molar-refractivity contribution is 0.172. The zero-order valence-corrected chi connectivity index (χ0v) is 10.5. The van der Waals surface area contributed by atoms with Crippen molar-refractivity contribution in [2.75, 3.05) is 26.8 Å². The van der Waals surface area contributed by atoms with Gasteiger partial charge in [0.05, 0.1) is 12.2 Å². The van der Waals surface area contributed by atoms with Gasteiger partial charge in [-0.05, 0) is 32.4 Å². The Morgan fingerprint density at radius 3 is 3.06 bits per heavy atom. The summed E-state index contributed by atoms with van der Waals surface area (Å²) >= 11 is 0. The molecular formula is C13H19N3O. The first-order valence-electron chi connectivity index (χ1n) is 6.04. The Morgan fingerprint density at radius 1 is 1.65 bits per heavy atom. The molecule has 1 N–H and O–H groups in total. The zero-order chi connectivity index (χ0) is 12.3. The average Bonchev–Trinajstić information content (AvgIpc) is 2.88. The fraction of sp³-hybridized carbons (Fsp3) is 0.615. The van der Waals surface area contributed by atoms with Crippen molar-refractivity contribution in [3.8, 4) is 6.07 Å². The molecule has 1 fully saturated rings. The van der Waals surface area contributed by atoms with Crippen molar-refractivity contribution in [3.63, 3.8) is 0 Å². The molecule has 0 aliphatic carbocycles. The van der Waals surface area contributed by atoms with E-state index in [2.05, 4.69) is 23.0 Å². The minimum absolute atomic E-state index is 0.659. The molecule has 1 aromatic heterocycles. The highest BCUT2D eigenvalue weighted by Crippen LogP contribution is 2.15. The van der Waals surface area contributed by atoms with Gasteiger partial charge in [-0.2, -0.15) is 5.26 Å². The number of rotatable bonds is 4. The maximum absolute atomic E-state index is 8.90. The number of nitriles is 1. The van der Waals surface area contributed by atoms with Crippen LogP contribution in [-0.4, -0.2) is 36.7 Å². The van der Waals surface area contributed by atoms with Gasteiger partial charge in [0.25, 0.3) is 0 Å². The Hall–Kier alpha value is -1.31. The number of hydrogen-bond donors (Lipinski definition) is 1. The lowest BCUT2D eigenvalue weighted by Gasteiger charge is -2.19. The number of aryl methyl sites for hydroxylation is 1. The predicted octanol–water partition coefficient (Wildman–Crippen LogP) is 1.66. The van der Waals surface area contributed by atoms with Gasteiger partial charge in [0.15, 0.2) is 0 Å². The number of nitrogens with one attached hydrogen (secondary N) is 1. The van der Waals surface area contributed by atoms with Crippen LogP contribution in [0.5, 0.6) is 0 Å². The van der Waals surface area contributed by atoms with Crippen LogP contribution in [0.3, 0.4) is 0 Å². The van der Waals surface area contributed by atoms with Crippen LogP contribution in [-0.2, 0) is 11.3 Å². The second-order valence-electron chi connectivity index (χ2n) is 4.87. The van der Waals surface area contributed by atoms with E-state index in [1.807, 2.05) is 13.0 Å². The van der Waals surface area contributed by atoms with Gasteiger partial charge in [-0.1, -0.05) is 0 Å². The molecule has 0 bridgehead atoms. The van der Waals surface area contributed by atoms with Gasteiger partial charge in [-0.3, -0.25) is 0 Å². The molecule has 2 heterocycles. The Kier molecular flexibility index (Phi) is 3.82. The van der Waals surface area contributed by atoms with Gasteiger partial charge in [0, 0.05) is 31.1 Å². The van der Waals surface area contributed by atoms with Crippen LogP contribution in [0.15, 0.2) is 6.07 Å². The van der Waals surface area contributed by atoms with E-state index in [-0.39, 0.29) is 0 Å². The van der Waals surface area contributed by atoms with Crippen molar-refractivity contribution in [1.29, 1.82) is 5.26 Å². The highest BCUT2D eigenvalue weighted by atomic mass is 16.5. The number of ether oxygens (including phenoxy) is 1. The molecule has 0 unspecified atom stereocenters. The summed E-state index contributed by atoms with van der Waals surface area (Å²) in [5.41, 5.74) is 2.82. The van der Waals surface area contributed by atoms with Crippen molar-refractivity contribution in [2.45, 2.75) is 19.9 Å². The molecule has 17 heavy (non-hydrogen) atoms. The lowest BCUT2D eigenvalue weighted by atomic mass is 10.1. The fourth-order valence-corrected chi connectivity index (χ4v) is 2.35. The van der Waals surface area contributed by atoms with Gasteiger partial charge in [0.1, 0.15) is 6.07 Å². The molecular weight excluding hydrogens is 214 g/mol. The van der Waals surface area contributed by atoms with E-state index in [0.29, 0.717) is 5.92 Å². The molecule has 0 amide bonds. The van der Waals surface area contributed by atoms with Gasteiger partial charge in [-0.15, -0.1) is 0 Å². The molecule has 0 spiro atoms. The Bertz CT molecular complexity index is 413. The summed E-state index contributed by atoms with van der Waals surface area (Å²) in [5.74, 6) is 0.659. The summed E-state index contributed by atoms with van der Waals surface area (Å²) < 4.78 is 5.37. The van der Waals surface area contributed by atoms with E-state index in [1.54, 1.807) is 0 Å². The van der Waals surface area contributed by atoms with Crippen molar-refractivity contribution in [1.82, 2.24) is 9.88 Å². The van der Waals surface area contributed by atoms with Crippen LogP contribution in [0.2, 0.25) is 0 Å². The fourth-order valence-electron chi connectivity index (χ4n) is 2.35. The third kappa shape index (κ3) is 3.09. The van der Waals surface area contributed by atoms with E-state index >= 15 is 0 Å². The maximum atomic E-state index is 8.90. The van der Waals surface area contributed by atoms with E-state index in [9.17, 15) is 0 Å². The molecule has 1 saturated heterocycles. The molecule has 2 rings (SSSR count). The van der Waals surface area contributed by atoms with Crippen LogP contribution in [0.25, 0.3) is 0 Å². The number of aromatic nitrogens is 1. The number of H-pyrrole nitrogens is 1. The smallest absolute Gasteiger partial charge is 0.101 e. The van der Waals surface area contributed by atoms with Crippen LogP contribution in [0.1, 0.15) is 23.4 Å². The highest BCUT2D eigenvalue weighted by molar-refractivity contribution is 5.35. The van der Waals surface area contributed by atoms with Gasteiger partial charge < -0.3 is 14.6 Å². The van der Waals surface area contributed by atoms with Crippen molar-refractivity contribution in [3.05, 3.63) is 23.0 Å². The summed E-state index contributed by atoms with van der Waals surface area (Å²) in [6.07, 6.45) is 1.16. The summed E-state index contributed by atoms with van der Waals surface area (Å²) in [4.78, 5) is 5.54. The van der Waals surface area contributed by atoms with Crippen molar-refractivity contribution >= 4 is 0 Å². The first kappa shape index (κ1) is 12.2. The molecule has 92 valence electrons.